The SMILES string of the molecule is Cc1oc2c(N)cccc2c1C(=O)c1ccccc1. The summed E-state index contributed by atoms with van der Waals surface area (Å²) in [4.78, 5) is 12.6. The summed E-state index contributed by atoms with van der Waals surface area (Å²) in [7, 11) is 0. The Bertz CT molecular complexity index is 757. The summed E-state index contributed by atoms with van der Waals surface area (Å²) in [5.41, 5.74) is 8.24. The number of carbonyl (C=O) groups is 1. The standard InChI is InChI=1S/C16H13NO2/c1-10-14(15(18)11-6-3-2-4-7-11)12-8-5-9-13(17)16(12)19-10/h2-9H,17H2,1H3. The van der Waals surface area contributed by atoms with E-state index in [2.05, 4.69) is 0 Å². The first-order valence-electron chi connectivity index (χ1n) is 6.06. The maximum Gasteiger partial charge on any atom is 0.197 e. The van der Waals surface area contributed by atoms with Gasteiger partial charge in [0.05, 0.1) is 11.3 Å². The van der Waals surface area contributed by atoms with Gasteiger partial charge in [0, 0.05) is 10.9 Å². The van der Waals surface area contributed by atoms with Crippen LogP contribution < -0.4 is 5.73 Å². The number of fused-ring (bicyclic) bond motifs is 1. The zero-order valence-electron chi connectivity index (χ0n) is 10.5. The molecule has 3 heteroatoms. The lowest BCUT2D eigenvalue weighted by molar-refractivity contribution is 0.103. The molecule has 0 aliphatic heterocycles. The number of aryl methyl sites for hydroxylation is 1. The van der Waals surface area contributed by atoms with Crippen molar-refractivity contribution in [2.45, 2.75) is 6.92 Å². The van der Waals surface area contributed by atoms with Gasteiger partial charge in [0.1, 0.15) is 5.76 Å². The molecule has 19 heavy (non-hydrogen) atoms. The summed E-state index contributed by atoms with van der Waals surface area (Å²) in [6, 6.07) is 14.6. The second-order valence-corrected chi connectivity index (χ2v) is 4.45. The number of nitrogens with two attached hydrogens (primary N) is 1. The number of benzene rings is 2. The Kier molecular flexibility index (Phi) is 2.60. The van der Waals surface area contributed by atoms with E-state index in [1.807, 2.05) is 30.3 Å². The fraction of sp³-hybridized carbons (Fsp3) is 0.0625. The van der Waals surface area contributed by atoms with Crippen LogP contribution in [-0.2, 0) is 0 Å². The summed E-state index contributed by atoms with van der Waals surface area (Å²) >= 11 is 0. The minimum atomic E-state index is -0.0394. The number of nitrogen functional groups attached to an aromatic ring is 1. The first-order chi connectivity index (χ1) is 9.18. The second-order valence-electron chi connectivity index (χ2n) is 4.45. The van der Waals surface area contributed by atoms with E-state index in [4.69, 9.17) is 10.2 Å². The fourth-order valence-corrected chi connectivity index (χ4v) is 2.28. The van der Waals surface area contributed by atoms with Gasteiger partial charge in [0.2, 0.25) is 0 Å². The molecule has 0 atom stereocenters. The highest BCUT2D eigenvalue weighted by atomic mass is 16.3. The van der Waals surface area contributed by atoms with Gasteiger partial charge in [-0.3, -0.25) is 4.79 Å². The van der Waals surface area contributed by atoms with Crippen LogP contribution in [0.15, 0.2) is 52.9 Å². The molecule has 2 N–H and O–H groups in total. The maximum atomic E-state index is 12.6. The van der Waals surface area contributed by atoms with Gasteiger partial charge in [0.15, 0.2) is 11.4 Å². The summed E-state index contributed by atoms with van der Waals surface area (Å²) in [6.45, 7) is 1.79. The van der Waals surface area contributed by atoms with Crippen molar-refractivity contribution in [1.29, 1.82) is 0 Å². The van der Waals surface area contributed by atoms with Crippen LogP contribution in [0.2, 0.25) is 0 Å². The quantitative estimate of drug-likeness (QED) is 0.559. The van der Waals surface area contributed by atoms with Crippen molar-refractivity contribution in [1.82, 2.24) is 0 Å². The molecule has 3 rings (SSSR count). The van der Waals surface area contributed by atoms with Crippen molar-refractivity contribution in [3.8, 4) is 0 Å². The second kappa shape index (κ2) is 4.28. The van der Waals surface area contributed by atoms with Crippen LogP contribution in [0.5, 0.6) is 0 Å². The molecule has 3 aromatic rings. The molecule has 0 fully saturated rings. The third-order valence-electron chi connectivity index (χ3n) is 3.19. The fourth-order valence-electron chi connectivity index (χ4n) is 2.28. The predicted octanol–water partition coefficient (Wildman–Crippen LogP) is 3.55. The molecular weight excluding hydrogens is 238 g/mol. The van der Waals surface area contributed by atoms with Gasteiger partial charge >= 0.3 is 0 Å². The number of furan rings is 1. The average Bonchev–Trinajstić information content (AvgIpc) is 2.77. The number of para-hydroxylation sites is 1. The molecule has 0 bridgehead atoms. The molecule has 0 aliphatic rings. The predicted molar refractivity (Wildman–Crippen MR) is 75.2 cm³/mol. The Morgan fingerprint density at radius 2 is 1.79 bits per heavy atom. The van der Waals surface area contributed by atoms with Crippen molar-refractivity contribution >= 4 is 22.4 Å². The summed E-state index contributed by atoms with van der Waals surface area (Å²) in [5, 5.41) is 0.770. The number of hydrogen-bond donors (Lipinski definition) is 1. The Morgan fingerprint density at radius 3 is 2.53 bits per heavy atom. The van der Waals surface area contributed by atoms with E-state index < -0.39 is 0 Å². The average molecular weight is 251 g/mol. The lowest BCUT2D eigenvalue weighted by Crippen LogP contribution is -2.01. The van der Waals surface area contributed by atoms with Crippen LogP contribution in [0, 0.1) is 6.92 Å². The van der Waals surface area contributed by atoms with Gasteiger partial charge in [0.25, 0.3) is 0 Å². The zero-order valence-corrected chi connectivity index (χ0v) is 10.5. The molecule has 2 aromatic carbocycles. The minimum absolute atomic E-state index is 0.0394. The van der Waals surface area contributed by atoms with Gasteiger partial charge in [-0.05, 0) is 13.0 Å². The Balaban J connectivity index is 2.24. The van der Waals surface area contributed by atoms with Crippen LogP contribution in [-0.4, -0.2) is 5.78 Å². The van der Waals surface area contributed by atoms with Crippen molar-refractivity contribution < 1.29 is 9.21 Å². The Labute approximate surface area is 110 Å². The van der Waals surface area contributed by atoms with Crippen molar-refractivity contribution in [2.24, 2.45) is 0 Å². The van der Waals surface area contributed by atoms with E-state index in [1.54, 1.807) is 25.1 Å². The molecule has 1 aromatic heterocycles. The number of hydrogen-bond acceptors (Lipinski definition) is 3. The van der Waals surface area contributed by atoms with Crippen molar-refractivity contribution in [3.05, 3.63) is 65.4 Å². The van der Waals surface area contributed by atoms with Crippen LogP contribution in [0.25, 0.3) is 11.0 Å². The largest absolute Gasteiger partial charge is 0.458 e. The van der Waals surface area contributed by atoms with E-state index in [1.165, 1.54) is 0 Å². The van der Waals surface area contributed by atoms with E-state index in [0.717, 1.165) is 5.39 Å². The number of anilines is 1. The van der Waals surface area contributed by atoms with E-state index in [-0.39, 0.29) is 5.78 Å². The van der Waals surface area contributed by atoms with Crippen LogP contribution in [0.3, 0.4) is 0 Å². The molecule has 0 unspecified atom stereocenters. The van der Waals surface area contributed by atoms with Crippen LogP contribution in [0.4, 0.5) is 5.69 Å². The highest BCUT2D eigenvalue weighted by Crippen LogP contribution is 2.31. The number of rotatable bonds is 2. The smallest absolute Gasteiger partial charge is 0.197 e. The molecule has 0 radical (unpaired) electrons. The minimum Gasteiger partial charge on any atom is -0.458 e. The Hall–Kier alpha value is -2.55. The molecule has 0 saturated carbocycles. The molecule has 0 amide bonds. The number of ketones is 1. The third kappa shape index (κ3) is 1.80. The summed E-state index contributed by atoms with van der Waals surface area (Å²) < 4.78 is 5.63. The zero-order chi connectivity index (χ0) is 13.4. The van der Waals surface area contributed by atoms with Gasteiger partial charge in [-0.1, -0.05) is 42.5 Å². The van der Waals surface area contributed by atoms with Gasteiger partial charge in [-0.25, -0.2) is 0 Å². The molecule has 0 saturated heterocycles. The van der Waals surface area contributed by atoms with Crippen LogP contribution >= 0.6 is 0 Å². The molecule has 94 valence electrons. The monoisotopic (exact) mass is 251 g/mol. The van der Waals surface area contributed by atoms with Gasteiger partial charge in [-0.15, -0.1) is 0 Å². The highest BCUT2D eigenvalue weighted by molar-refractivity contribution is 6.17. The summed E-state index contributed by atoms with van der Waals surface area (Å²) in [5.74, 6) is 0.559. The Morgan fingerprint density at radius 1 is 1.05 bits per heavy atom. The van der Waals surface area contributed by atoms with E-state index >= 15 is 0 Å². The van der Waals surface area contributed by atoms with Crippen molar-refractivity contribution in [3.63, 3.8) is 0 Å². The third-order valence-corrected chi connectivity index (χ3v) is 3.19. The molecular formula is C16H13NO2. The lowest BCUT2D eigenvalue weighted by atomic mass is 10.0. The molecule has 3 nitrogen and oxygen atoms in total. The summed E-state index contributed by atoms with van der Waals surface area (Å²) in [6.07, 6.45) is 0. The first kappa shape index (κ1) is 11.5. The normalized spacial score (nSPS) is 10.8. The van der Waals surface area contributed by atoms with Gasteiger partial charge < -0.3 is 10.2 Å². The van der Waals surface area contributed by atoms with Crippen LogP contribution in [0.1, 0.15) is 21.7 Å². The van der Waals surface area contributed by atoms with Crippen molar-refractivity contribution in [2.75, 3.05) is 5.73 Å². The first-order valence-corrected chi connectivity index (χ1v) is 6.06. The molecule has 1 heterocycles. The molecule has 0 aliphatic carbocycles. The van der Waals surface area contributed by atoms with E-state index in [9.17, 15) is 4.79 Å². The molecule has 0 spiro atoms. The topological polar surface area (TPSA) is 56.2 Å². The maximum absolute atomic E-state index is 12.6. The highest BCUT2D eigenvalue weighted by Gasteiger charge is 2.20. The number of carbonyl (C=O) groups excluding carboxylic acids is 1. The van der Waals surface area contributed by atoms with E-state index in [0.29, 0.717) is 28.2 Å². The van der Waals surface area contributed by atoms with Gasteiger partial charge in [-0.2, -0.15) is 0 Å². The lowest BCUT2D eigenvalue weighted by Gasteiger charge is -2.00.